The molecule has 0 saturated heterocycles. The van der Waals surface area contributed by atoms with E-state index in [1.807, 2.05) is 42.1 Å². The predicted octanol–water partition coefficient (Wildman–Crippen LogP) is 4.72. The van der Waals surface area contributed by atoms with Crippen molar-refractivity contribution in [2.24, 2.45) is 7.05 Å². The normalized spacial score (nSPS) is 14.0. The van der Waals surface area contributed by atoms with Gasteiger partial charge in [-0.2, -0.15) is 0 Å². The molecule has 0 aliphatic carbocycles. The van der Waals surface area contributed by atoms with Crippen molar-refractivity contribution in [1.82, 2.24) is 9.55 Å². The van der Waals surface area contributed by atoms with Crippen LogP contribution in [0.1, 0.15) is 31.8 Å². The van der Waals surface area contributed by atoms with E-state index in [1.165, 1.54) is 12.4 Å². The lowest BCUT2D eigenvalue weighted by Gasteiger charge is -2.07. The molecule has 0 unspecified atom stereocenters. The Kier molecular flexibility index (Phi) is 4.40. The molecule has 0 spiro atoms. The van der Waals surface area contributed by atoms with Gasteiger partial charge in [0.1, 0.15) is 11.5 Å². The zero-order valence-electron chi connectivity index (χ0n) is 17.0. The van der Waals surface area contributed by atoms with E-state index in [0.717, 1.165) is 16.5 Å². The Morgan fingerprint density at radius 2 is 1.90 bits per heavy atom. The molecule has 3 heterocycles. The number of para-hydroxylation sites is 1. The van der Waals surface area contributed by atoms with Crippen LogP contribution < -0.4 is 9.47 Å². The maximum Gasteiger partial charge on any atom is 0.343 e. The van der Waals surface area contributed by atoms with Crippen molar-refractivity contribution in [1.29, 1.82) is 0 Å². The number of aryl methyl sites for hydroxylation is 2. The molecule has 0 atom stereocenters. The number of ketones is 1. The van der Waals surface area contributed by atoms with Gasteiger partial charge < -0.3 is 14.0 Å². The van der Waals surface area contributed by atoms with E-state index >= 15 is 0 Å². The van der Waals surface area contributed by atoms with E-state index in [4.69, 9.17) is 9.47 Å². The van der Waals surface area contributed by atoms with Gasteiger partial charge in [0, 0.05) is 48.2 Å². The van der Waals surface area contributed by atoms with Crippen LogP contribution in [-0.4, -0.2) is 21.3 Å². The number of carbonyl (C=O) groups is 2. The summed E-state index contributed by atoms with van der Waals surface area (Å²) in [6, 6.07) is 14.4. The van der Waals surface area contributed by atoms with E-state index in [-0.39, 0.29) is 11.5 Å². The fraction of sp³-hybridized carbons (Fsp3) is 0.0800. The van der Waals surface area contributed by atoms with Gasteiger partial charge in [0.05, 0.1) is 11.1 Å². The van der Waals surface area contributed by atoms with Crippen molar-refractivity contribution in [3.05, 3.63) is 95.1 Å². The number of carbonyl (C=O) groups excluding carboxylic acids is 2. The largest absolute Gasteiger partial charge is 0.452 e. The van der Waals surface area contributed by atoms with Crippen molar-refractivity contribution in [2.75, 3.05) is 0 Å². The number of allylic oxidation sites excluding steroid dienone is 1. The SMILES string of the molecule is Cc1cc(OC(=O)c2ccncc2)cc2c1C(=O)/C(=C/c1cn(C)c3ccccc13)O2. The fourth-order valence-electron chi connectivity index (χ4n) is 3.82. The van der Waals surface area contributed by atoms with Gasteiger partial charge >= 0.3 is 5.97 Å². The second-order valence-corrected chi connectivity index (χ2v) is 7.39. The summed E-state index contributed by atoms with van der Waals surface area (Å²) in [5, 5.41) is 1.04. The molecule has 31 heavy (non-hydrogen) atoms. The molecule has 0 radical (unpaired) electrons. The molecule has 0 saturated carbocycles. The highest BCUT2D eigenvalue weighted by molar-refractivity contribution is 6.16. The monoisotopic (exact) mass is 410 g/mol. The molecule has 5 rings (SSSR count). The van der Waals surface area contributed by atoms with E-state index in [9.17, 15) is 9.59 Å². The molecule has 2 aromatic heterocycles. The highest BCUT2D eigenvalue weighted by atomic mass is 16.5. The minimum Gasteiger partial charge on any atom is -0.452 e. The Morgan fingerprint density at radius 1 is 1.13 bits per heavy atom. The van der Waals surface area contributed by atoms with Crippen LogP contribution in [0.2, 0.25) is 0 Å². The summed E-state index contributed by atoms with van der Waals surface area (Å²) in [4.78, 5) is 29.3. The molecule has 1 aliphatic rings. The summed E-state index contributed by atoms with van der Waals surface area (Å²) >= 11 is 0. The number of fused-ring (bicyclic) bond motifs is 2. The number of hydrogen-bond donors (Lipinski definition) is 0. The van der Waals surface area contributed by atoms with Crippen LogP contribution in [0.25, 0.3) is 17.0 Å². The Labute approximate surface area is 178 Å². The number of rotatable bonds is 3. The first-order valence-corrected chi connectivity index (χ1v) is 9.76. The molecular formula is C25H18N2O4. The van der Waals surface area contributed by atoms with E-state index in [0.29, 0.717) is 28.2 Å². The number of esters is 1. The zero-order valence-corrected chi connectivity index (χ0v) is 17.0. The maximum atomic E-state index is 13.0. The van der Waals surface area contributed by atoms with Gasteiger partial charge in [-0.15, -0.1) is 0 Å². The molecular weight excluding hydrogens is 392 g/mol. The van der Waals surface area contributed by atoms with Gasteiger partial charge in [-0.25, -0.2) is 4.79 Å². The van der Waals surface area contributed by atoms with E-state index in [1.54, 1.807) is 37.3 Å². The number of Topliss-reactive ketones (excluding diaryl/α,β-unsaturated/α-hetero) is 1. The number of pyridine rings is 1. The molecule has 0 N–H and O–H groups in total. The Hall–Kier alpha value is -4.19. The van der Waals surface area contributed by atoms with Crippen LogP contribution in [0.3, 0.4) is 0 Å². The maximum absolute atomic E-state index is 13.0. The first kappa shape index (κ1) is 18.8. The molecule has 2 aromatic carbocycles. The first-order valence-electron chi connectivity index (χ1n) is 9.76. The standard InChI is InChI=1S/C25H18N2O4/c1-15-11-18(30-25(29)16-7-9-26-10-8-16)13-21-23(15)24(28)22(31-21)12-17-14-27(2)20-6-4-3-5-19(17)20/h3-14H,1-2H3/b22-12-. The second-order valence-electron chi connectivity index (χ2n) is 7.39. The second kappa shape index (κ2) is 7.25. The summed E-state index contributed by atoms with van der Waals surface area (Å²) < 4.78 is 13.4. The molecule has 152 valence electrons. The zero-order chi connectivity index (χ0) is 21.5. The molecule has 1 aliphatic heterocycles. The third-order valence-electron chi connectivity index (χ3n) is 5.28. The van der Waals surface area contributed by atoms with Crippen LogP contribution >= 0.6 is 0 Å². The van der Waals surface area contributed by atoms with Gasteiger partial charge in [-0.3, -0.25) is 9.78 Å². The van der Waals surface area contributed by atoms with Crippen molar-refractivity contribution in [2.45, 2.75) is 6.92 Å². The van der Waals surface area contributed by atoms with Gasteiger partial charge in [0.25, 0.3) is 0 Å². The molecule has 4 aromatic rings. The quantitative estimate of drug-likeness (QED) is 0.278. The van der Waals surface area contributed by atoms with E-state index in [2.05, 4.69) is 4.98 Å². The predicted molar refractivity (Wildman–Crippen MR) is 116 cm³/mol. The minimum atomic E-state index is -0.502. The lowest BCUT2D eigenvalue weighted by molar-refractivity contribution is 0.0734. The van der Waals surface area contributed by atoms with Gasteiger partial charge in [0.2, 0.25) is 5.78 Å². The van der Waals surface area contributed by atoms with Crippen LogP contribution in [0.15, 0.2) is 72.9 Å². The molecule has 0 amide bonds. The number of nitrogens with zero attached hydrogens (tertiary/aromatic N) is 2. The average Bonchev–Trinajstić information content (AvgIpc) is 3.26. The van der Waals surface area contributed by atoms with E-state index < -0.39 is 5.97 Å². The molecule has 0 fully saturated rings. The lowest BCUT2D eigenvalue weighted by Crippen LogP contribution is -2.08. The first-order chi connectivity index (χ1) is 15.0. The third-order valence-corrected chi connectivity index (χ3v) is 5.28. The summed E-state index contributed by atoms with van der Waals surface area (Å²) in [7, 11) is 1.96. The van der Waals surface area contributed by atoms with Gasteiger partial charge in [0.15, 0.2) is 5.76 Å². The Morgan fingerprint density at radius 3 is 2.71 bits per heavy atom. The third kappa shape index (κ3) is 3.28. The smallest absolute Gasteiger partial charge is 0.343 e. The van der Waals surface area contributed by atoms with Crippen molar-refractivity contribution < 1.29 is 19.1 Å². The summed E-state index contributed by atoms with van der Waals surface area (Å²) in [5.74, 6) is 0.253. The van der Waals surface area contributed by atoms with Gasteiger partial charge in [-0.05, 0) is 42.8 Å². The summed E-state index contributed by atoms with van der Waals surface area (Å²) in [6.45, 7) is 1.80. The Bertz CT molecular complexity index is 1380. The summed E-state index contributed by atoms with van der Waals surface area (Å²) in [6.07, 6.45) is 6.77. The fourth-order valence-corrected chi connectivity index (χ4v) is 3.82. The Balaban J connectivity index is 1.47. The van der Waals surface area contributed by atoms with Crippen LogP contribution in [0.4, 0.5) is 0 Å². The molecule has 6 heteroatoms. The summed E-state index contributed by atoms with van der Waals surface area (Å²) in [5.41, 5.74) is 3.52. The lowest BCUT2D eigenvalue weighted by atomic mass is 10.0. The number of aromatic nitrogens is 2. The average molecular weight is 410 g/mol. The number of benzene rings is 2. The van der Waals surface area contributed by atoms with Crippen molar-refractivity contribution in [3.63, 3.8) is 0 Å². The van der Waals surface area contributed by atoms with Crippen LogP contribution in [-0.2, 0) is 7.05 Å². The minimum absolute atomic E-state index is 0.188. The van der Waals surface area contributed by atoms with Gasteiger partial charge in [-0.1, -0.05) is 18.2 Å². The molecule has 0 bridgehead atoms. The van der Waals surface area contributed by atoms with Crippen molar-refractivity contribution >= 4 is 28.7 Å². The van der Waals surface area contributed by atoms with Crippen LogP contribution in [0, 0.1) is 6.92 Å². The van der Waals surface area contributed by atoms with Crippen LogP contribution in [0.5, 0.6) is 11.5 Å². The number of hydrogen-bond acceptors (Lipinski definition) is 5. The van der Waals surface area contributed by atoms with Crippen molar-refractivity contribution in [3.8, 4) is 11.5 Å². The molecule has 6 nitrogen and oxygen atoms in total. The highest BCUT2D eigenvalue weighted by Crippen LogP contribution is 2.38. The highest BCUT2D eigenvalue weighted by Gasteiger charge is 2.30. The number of ether oxygens (including phenoxy) is 2. The topological polar surface area (TPSA) is 70.4 Å².